The van der Waals surface area contributed by atoms with Crippen molar-refractivity contribution in [2.24, 2.45) is 0 Å². The fourth-order valence-electron chi connectivity index (χ4n) is 3.99. The smallest absolute Gasteiger partial charge is 0.164 e. The molecule has 2 heterocycles. The van der Waals surface area contributed by atoms with Crippen molar-refractivity contribution in [1.82, 2.24) is 4.98 Å². The van der Waals surface area contributed by atoms with Crippen molar-refractivity contribution in [3.63, 3.8) is 0 Å². The normalized spacial score (nSPS) is 15.7. The molecule has 0 bridgehead atoms. The number of Topliss-reactive ketones (excluding diaryl/α,β-unsaturated/α-hetero) is 1. The Hall–Kier alpha value is -2.62. The van der Waals surface area contributed by atoms with Crippen LogP contribution in [-0.4, -0.2) is 23.9 Å². The summed E-state index contributed by atoms with van der Waals surface area (Å²) in [6, 6.07) is 13.3. The summed E-state index contributed by atoms with van der Waals surface area (Å²) in [5, 5.41) is 1.29. The number of fused-ring (bicyclic) bond motifs is 1. The molecule has 2 aromatic carbocycles. The van der Waals surface area contributed by atoms with Crippen LogP contribution < -0.4 is 4.90 Å². The number of rotatable bonds is 3. The van der Waals surface area contributed by atoms with Gasteiger partial charge in [0, 0.05) is 30.2 Å². The third kappa shape index (κ3) is 2.82. The first-order valence-corrected chi connectivity index (χ1v) is 8.75. The molecule has 3 aromatic rings. The van der Waals surface area contributed by atoms with Crippen molar-refractivity contribution in [2.75, 3.05) is 18.0 Å². The Morgan fingerprint density at radius 3 is 2.64 bits per heavy atom. The number of carbonyl (C=O) groups excluding carboxylic acids is 1. The van der Waals surface area contributed by atoms with Gasteiger partial charge in [-0.1, -0.05) is 24.3 Å². The van der Waals surface area contributed by atoms with E-state index in [1.54, 1.807) is 6.07 Å². The summed E-state index contributed by atoms with van der Waals surface area (Å²) in [6.45, 7) is 3.09. The lowest BCUT2D eigenvalue weighted by Gasteiger charge is -2.34. The first kappa shape index (κ1) is 15.9. The monoisotopic (exact) mass is 336 g/mol. The van der Waals surface area contributed by atoms with E-state index in [1.165, 1.54) is 29.5 Å². The summed E-state index contributed by atoms with van der Waals surface area (Å²) in [7, 11) is 0. The maximum atomic E-state index is 14.1. The number of nitrogens with zero attached hydrogens (tertiary/aromatic N) is 1. The van der Waals surface area contributed by atoms with Gasteiger partial charge in [0.25, 0.3) is 0 Å². The highest BCUT2D eigenvalue weighted by atomic mass is 19.1. The molecule has 128 valence electrons. The molecule has 25 heavy (non-hydrogen) atoms. The average Bonchev–Trinajstić information content (AvgIpc) is 3.05. The Morgan fingerprint density at radius 2 is 1.88 bits per heavy atom. The summed E-state index contributed by atoms with van der Waals surface area (Å²) < 4.78 is 14.1. The fraction of sp³-hybridized carbons (Fsp3) is 0.286. The van der Waals surface area contributed by atoms with Crippen molar-refractivity contribution in [3.05, 3.63) is 65.6 Å². The van der Waals surface area contributed by atoms with E-state index in [2.05, 4.69) is 34.3 Å². The second-order valence-corrected chi connectivity index (χ2v) is 6.74. The largest absolute Gasteiger partial charge is 0.371 e. The van der Waals surface area contributed by atoms with Gasteiger partial charge >= 0.3 is 0 Å². The molecule has 0 spiro atoms. The minimum atomic E-state index is -0.427. The third-order valence-corrected chi connectivity index (χ3v) is 5.24. The summed E-state index contributed by atoms with van der Waals surface area (Å²) in [5.74, 6) is -0.155. The summed E-state index contributed by atoms with van der Waals surface area (Å²) in [6.07, 6.45) is 4.11. The Kier molecular flexibility index (Phi) is 4.04. The first-order valence-electron chi connectivity index (χ1n) is 8.75. The minimum absolute atomic E-state index is 0.216. The number of para-hydroxylation sites is 1. The number of nitrogens with one attached hydrogen (secondary N) is 1. The molecule has 0 amide bonds. The van der Waals surface area contributed by atoms with Crippen LogP contribution in [0.2, 0.25) is 0 Å². The summed E-state index contributed by atoms with van der Waals surface area (Å²) in [4.78, 5) is 17.4. The Labute approximate surface area is 146 Å². The lowest BCUT2D eigenvalue weighted by Crippen LogP contribution is -2.34. The molecule has 0 radical (unpaired) electrons. The molecule has 3 nitrogen and oxygen atoms in total. The number of ketones is 1. The second-order valence-electron chi connectivity index (χ2n) is 6.74. The molecule has 0 aliphatic carbocycles. The van der Waals surface area contributed by atoms with Gasteiger partial charge in [-0.05, 0) is 49.4 Å². The van der Waals surface area contributed by atoms with E-state index in [0.717, 1.165) is 31.6 Å². The molecule has 1 saturated heterocycles. The number of halogens is 1. The maximum absolute atomic E-state index is 14.1. The zero-order chi connectivity index (χ0) is 17.4. The topological polar surface area (TPSA) is 36.1 Å². The van der Waals surface area contributed by atoms with Crippen LogP contribution in [0.1, 0.15) is 41.6 Å². The van der Waals surface area contributed by atoms with Gasteiger partial charge in [-0.25, -0.2) is 4.39 Å². The van der Waals surface area contributed by atoms with E-state index in [4.69, 9.17) is 0 Å². The molecular weight excluding hydrogens is 315 g/mol. The van der Waals surface area contributed by atoms with E-state index in [0.29, 0.717) is 5.92 Å². The van der Waals surface area contributed by atoms with Crippen LogP contribution in [0.4, 0.5) is 10.1 Å². The SMILES string of the molecule is CC(=O)c1c(F)cccc1N1CCC(c2c[nH]c3ccccc23)CC1. The van der Waals surface area contributed by atoms with Crippen LogP contribution >= 0.6 is 0 Å². The number of piperidine rings is 1. The summed E-state index contributed by atoms with van der Waals surface area (Å²) in [5.41, 5.74) is 3.48. The number of H-pyrrole nitrogens is 1. The minimum Gasteiger partial charge on any atom is -0.371 e. The molecule has 1 aromatic heterocycles. The van der Waals surface area contributed by atoms with Gasteiger partial charge in [0.2, 0.25) is 0 Å². The fourth-order valence-corrected chi connectivity index (χ4v) is 3.99. The molecule has 4 rings (SSSR count). The molecule has 0 saturated carbocycles. The van der Waals surface area contributed by atoms with Crippen molar-refractivity contribution in [1.29, 1.82) is 0 Å². The predicted octanol–water partition coefficient (Wildman–Crippen LogP) is 4.89. The van der Waals surface area contributed by atoms with Crippen LogP contribution in [0.3, 0.4) is 0 Å². The Bertz CT molecular complexity index is 923. The number of benzene rings is 2. The van der Waals surface area contributed by atoms with Crippen molar-refractivity contribution in [2.45, 2.75) is 25.7 Å². The molecule has 0 atom stereocenters. The molecule has 0 unspecified atom stereocenters. The number of hydrogen-bond donors (Lipinski definition) is 1. The van der Waals surface area contributed by atoms with Crippen LogP contribution in [0.25, 0.3) is 10.9 Å². The number of aromatic nitrogens is 1. The first-order chi connectivity index (χ1) is 12.1. The van der Waals surface area contributed by atoms with Gasteiger partial charge in [0.15, 0.2) is 5.78 Å². The van der Waals surface area contributed by atoms with Gasteiger partial charge in [-0.15, -0.1) is 0 Å². The number of anilines is 1. The average molecular weight is 336 g/mol. The van der Waals surface area contributed by atoms with E-state index >= 15 is 0 Å². The number of hydrogen-bond acceptors (Lipinski definition) is 2. The lowest BCUT2D eigenvalue weighted by molar-refractivity contribution is 0.101. The van der Waals surface area contributed by atoms with Gasteiger partial charge in [0.1, 0.15) is 5.82 Å². The standard InChI is InChI=1S/C21H21FN2O/c1-14(25)21-18(22)6-4-8-20(21)24-11-9-15(10-12-24)17-13-23-19-7-3-2-5-16(17)19/h2-8,13,15,23H,9-12H2,1H3. The molecular formula is C21H21FN2O. The number of carbonyl (C=O) groups is 1. The highest BCUT2D eigenvalue weighted by molar-refractivity contribution is 6.00. The lowest BCUT2D eigenvalue weighted by atomic mass is 9.88. The molecule has 1 fully saturated rings. The van der Waals surface area contributed by atoms with Crippen molar-refractivity contribution >= 4 is 22.4 Å². The third-order valence-electron chi connectivity index (χ3n) is 5.24. The van der Waals surface area contributed by atoms with Crippen LogP contribution in [0.15, 0.2) is 48.7 Å². The summed E-state index contributed by atoms with van der Waals surface area (Å²) >= 11 is 0. The van der Waals surface area contributed by atoms with Gasteiger partial charge in [-0.3, -0.25) is 4.79 Å². The van der Waals surface area contributed by atoms with Gasteiger partial charge in [0.05, 0.1) is 11.3 Å². The maximum Gasteiger partial charge on any atom is 0.164 e. The molecule has 1 aliphatic rings. The van der Waals surface area contributed by atoms with Gasteiger partial charge < -0.3 is 9.88 Å². The highest BCUT2D eigenvalue weighted by Crippen LogP contribution is 2.35. The van der Waals surface area contributed by atoms with E-state index in [-0.39, 0.29) is 11.3 Å². The quantitative estimate of drug-likeness (QED) is 0.691. The molecule has 4 heteroatoms. The highest BCUT2D eigenvalue weighted by Gasteiger charge is 2.25. The van der Waals surface area contributed by atoms with Crippen LogP contribution in [0.5, 0.6) is 0 Å². The second kappa shape index (κ2) is 6.36. The van der Waals surface area contributed by atoms with E-state index in [9.17, 15) is 9.18 Å². The predicted molar refractivity (Wildman–Crippen MR) is 98.9 cm³/mol. The zero-order valence-corrected chi connectivity index (χ0v) is 14.3. The van der Waals surface area contributed by atoms with Crippen molar-refractivity contribution in [3.8, 4) is 0 Å². The van der Waals surface area contributed by atoms with Crippen LogP contribution in [-0.2, 0) is 0 Å². The Balaban J connectivity index is 1.56. The molecule has 1 aliphatic heterocycles. The van der Waals surface area contributed by atoms with E-state index < -0.39 is 5.82 Å². The zero-order valence-electron chi connectivity index (χ0n) is 14.3. The van der Waals surface area contributed by atoms with Crippen molar-refractivity contribution < 1.29 is 9.18 Å². The number of aromatic amines is 1. The molecule has 1 N–H and O–H groups in total. The van der Waals surface area contributed by atoms with E-state index in [1.807, 2.05) is 12.1 Å². The van der Waals surface area contributed by atoms with Gasteiger partial charge in [-0.2, -0.15) is 0 Å². The van der Waals surface area contributed by atoms with Crippen LogP contribution in [0, 0.1) is 5.82 Å². The Morgan fingerprint density at radius 1 is 1.12 bits per heavy atom.